The molecule has 1 heterocycles. The van der Waals surface area contributed by atoms with Crippen molar-refractivity contribution in [1.82, 2.24) is 10.2 Å². The molecule has 1 fully saturated rings. The third-order valence-corrected chi connectivity index (χ3v) is 6.77. The Morgan fingerprint density at radius 3 is 1.63 bits per heavy atom. The fourth-order valence-corrected chi connectivity index (χ4v) is 5.14. The average Bonchev–Trinajstić information content (AvgIpc) is 2.82. The molecule has 0 aromatic carbocycles. The summed E-state index contributed by atoms with van der Waals surface area (Å²) < 4.78 is 160. The van der Waals surface area contributed by atoms with Crippen LogP contribution in [-0.2, 0) is 82.2 Å². The minimum Gasteiger partial charge on any atom is -0.726 e. The van der Waals surface area contributed by atoms with Crippen molar-refractivity contribution in [3.8, 4) is 0 Å². The number of amides is 2. The molecule has 0 radical (unpaired) electrons. The molecule has 258 valence electrons. The molecule has 1 aliphatic heterocycles. The van der Waals surface area contributed by atoms with Crippen molar-refractivity contribution in [3.05, 3.63) is 0 Å². The summed E-state index contributed by atoms with van der Waals surface area (Å²) in [5.41, 5.74) is 0. The Balaban J connectivity index is -0.00000129. The fourth-order valence-electron chi connectivity index (χ4n) is 3.37. The molecule has 0 aromatic rings. The van der Waals surface area contributed by atoms with Crippen LogP contribution < -0.4 is 158 Å². The number of carboxylic acid groups (broad SMARTS) is 1. The van der Waals surface area contributed by atoms with Crippen LogP contribution in [0.2, 0.25) is 0 Å². The van der Waals surface area contributed by atoms with Crippen LogP contribution in [0.5, 0.6) is 0 Å². The molecular weight excluding hydrogens is 815 g/mol. The van der Waals surface area contributed by atoms with Crippen LogP contribution >= 0.6 is 0 Å². The van der Waals surface area contributed by atoms with Crippen molar-refractivity contribution >= 4 is 59.4 Å². The van der Waals surface area contributed by atoms with E-state index in [-0.39, 0.29) is 154 Å². The summed E-state index contributed by atoms with van der Waals surface area (Å²) in [6, 6.07) is 0. The van der Waals surface area contributed by atoms with Crippen LogP contribution in [0.4, 0.5) is 0 Å². The zero-order chi connectivity index (χ0) is 34.1. The maximum absolute atomic E-state index is 12.2. The van der Waals surface area contributed by atoms with Gasteiger partial charge in [0, 0.05) is 25.5 Å². The van der Waals surface area contributed by atoms with Gasteiger partial charge in [-0.3, -0.25) is 26.3 Å². The minimum absolute atomic E-state index is 0. The number of hydrogen-bond donors (Lipinski definition) is 1. The zero-order valence-electron chi connectivity index (χ0n) is 26.9. The van der Waals surface area contributed by atoms with Gasteiger partial charge in [0.15, 0.2) is 12.4 Å². The summed E-state index contributed by atoms with van der Waals surface area (Å²) in [6.07, 6.45) is -14.5. The number of carbonyl (C=O) groups excluding carboxylic acids is 3. The maximum atomic E-state index is 12.2. The van der Waals surface area contributed by atoms with Crippen LogP contribution in [0, 0.1) is 0 Å². The van der Waals surface area contributed by atoms with Gasteiger partial charge in [0.05, 0.1) is 19.8 Å². The second-order valence-corrected chi connectivity index (χ2v) is 12.2. The number of nitrogens with one attached hydrogen (secondary N) is 1. The molecule has 1 rings (SSSR count). The van der Waals surface area contributed by atoms with Gasteiger partial charge in [-0.1, -0.05) is 0 Å². The number of aliphatic carboxylic acids is 1. The molecule has 49 heavy (non-hydrogen) atoms. The first-order valence-corrected chi connectivity index (χ1v) is 16.8. The van der Waals surface area contributed by atoms with E-state index in [1.54, 1.807) is 0 Å². The van der Waals surface area contributed by atoms with Crippen LogP contribution in [-0.4, -0.2) is 138 Å². The average molecular weight is 839 g/mol. The fraction of sp³-hybridized carbons (Fsp3) is 0.812. The van der Waals surface area contributed by atoms with E-state index in [1.165, 1.54) is 6.92 Å². The third kappa shape index (κ3) is 28.0. The smallest absolute Gasteiger partial charge is 0.726 e. The molecule has 24 nitrogen and oxygen atoms in total. The Kier molecular flexibility index (Phi) is 34.2. The van der Waals surface area contributed by atoms with E-state index in [4.69, 9.17) is 9.47 Å². The van der Waals surface area contributed by atoms with Gasteiger partial charge in [-0.25, -0.2) is 33.7 Å². The molecule has 33 heteroatoms. The van der Waals surface area contributed by atoms with Gasteiger partial charge < -0.3 is 47.8 Å². The van der Waals surface area contributed by atoms with Gasteiger partial charge in [0.1, 0.15) is 18.3 Å². The van der Waals surface area contributed by atoms with Gasteiger partial charge in [-0.15, -0.1) is 0 Å². The van der Waals surface area contributed by atoms with E-state index in [2.05, 4.69) is 22.0 Å². The Bertz CT molecular complexity index is 1470. The summed E-state index contributed by atoms with van der Waals surface area (Å²) in [6.45, 7) is -2.11. The Morgan fingerprint density at radius 2 is 1.20 bits per heavy atom. The molecular formula is C16H23N2Na5O22S4. The molecule has 0 aromatic heterocycles. The van der Waals surface area contributed by atoms with Gasteiger partial charge in [-0.2, -0.15) is 0 Å². The molecule has 2 amide bonds. The Hall–Kier alpha value is 2.81. The van der Waals surface area contributed by atoms with Crippen molar-refractivity contribution in [3.63, 3.8) is 0 Å². The van der Waals surface area contributed by atoms with Crippen molar-refractivity contribution < 1.29 is 245 Å². The zero-order valence-corrected chi connectivity index (χ0v) is 40.2. The first-order chi connectivity index (χ1) is 19.9. The number of carboxylic acids is 1. The van der Waals surface area contributed by atoms with Gasteiger partial charge in [-0.05, 0) is 13.3 Å². The van der Waals surface area contributed by atoms with E-state index in [9.17, 15) is 71.4 Å². The standard InChI is InChI=1S/C16H28N2O22S4.5Na/c1-2-18(11(20)3-4-12(21)22)7-10(19)17-5-6-35-16-15(40-44(32,33)34)14(39-43(29,30)31)13(38-42(26,27)28)9(37-16)8-36-41(23,24)25;;;;;/h9,13-16H,2-8H2,1H3,(H,17,19)(H,21,22)(H,23,24,25)(H,26,27,28)(H,29,30,31)(H,32,33,34);;;;;/q;5*+1/p-5/t9-,13-,14+,15+,16+;;;;;/m1...../s1. The second-order valence-electron chi connectivity index (χ2n) is 8.14. The quantitative estimate of drug-likeness (QED) is 0.0546. The van der Waals surface area contributed by atoms with Crippen molar-refractivity contribution in [2.24, 2.45) is 0 Å². The Morgan fingerprint density at radius 1 is 0.735 bits per heavy atom. The van der Waals surface area contributed by atoms with E-state index in [0.717, 1.165) is 4.90 Å². The number of nitrogens with zero attached hydrogens (tertiary/aromatic N) is 1. The number of rotatable bonds is 19. The predicted molar refractivity (Wildman–Crippen MR) is 123 cm³/mol. The summed E-state index contributed by atoms with van der Waals surface area (Å²) in [4.78, 5) is 35.7. The van der Waals surface area contributed by atoms with Crippen LogP contribution in [0.3, 0.4) is 0 Å². The molecule has 0 saturated carbocycles. The molecule has 1 N–H and O–H groups in total. The third-order valence-electron chi connectivity index (χ3n) is 4.97. The molecule has 1 aliphatic rings. The number of carbonyl (C=O) groups is 3. The predicted octanol–water partition coefficient (Wildman–Crippen LogP) is -21.7. The van der Waals surface area contributed by atoms with Crippen LogP contribution in [0.25, 0.3) is 0 Å². The van der Waals surface area contributed by atoms with Gasteiger partial charge in [0.25, 0.3) is 0 Å². The molecule has 0 unspecified atom stereocenters. The molecule has 0 spiro atoms. The van der Waals surface area contributed by atoms with Crippen molar-refractivity contribution in [2.45, 2.75) is 50.5 Å². The summed E-state index contributed by atoms with van der Waals surface area (Å²) >= 11 is 0. The van der Waals surface area contributed by atoms with E-state index in [0.29, 0.717) is 0 Å². The van der Waals surface area contributed by atoms with Gasteiger partial charge in [0.2, 0.25) is 53.4 Å². The van der Waals surface area contributed by atoms with Crippen LogP contribution in [0.15, 0.2) is 0 Å². The van der Waals surface area contributed by atoms with E-state index in [1.807, 2.05) is 0 Å². The first-order valence-electron chi connectivity index (χ1n) is 11.4. The second kappa shape index (κ2) is 27.4. The maximum Gasteiger partial charge on any atom is 1.00 e. The number of hydrogen-bond acceptors (Lipinski definition) is 22. The molecule has 0 bridgehead atoms. The summed E-state index contributed by atoms with van der Waals surface area (Å²) in [5.74, 6) is -3.09. The Labute approximate surface area is 392 Å². The monoisotopic (exact) mass is 838 g/mol. The normalized spacial score (nSPS) is 20.8. The summed E-state index contributed by atoms with van der Waals surface area (Å²) in [7, 11) is -23.5. The first kappa shape index (κ1) is 61.0. The van der Waals surface area contributed by atoms with Crippen molar-refractivity contribution in [2.75, 3.05) is 32.8 Å². The molecule has 0 aliphatic carbocycles. The largest absolute Gasteiger partial charge is 1.00 e. The number of ether oxygens (including phenoxy) is 2. The van der Waals surface area contributed by atoms with E-state index < -0.39 is 129 Å². The van der Waals surface area contributed by atoms with Crippen LogP contribution in [0.1, 0.15) is 19.8 Å². The van der Waals surface area contributed by atoms with Gasteiger partial charge >= 0.3 is 148 Å². The number of likely N-dealkylation sites (N-methyl/N-ethyl adjacent to an activating group) is 1. The van der Waals surface area contributed by atoms with Crippen molar-refractivity contribution in [1.29, 1.82) is 0 Å². The minimum atomic E-state index is -6.02. The molecule has 1 saturated heterocycles. The topological polar surface area (TPSA) is 374 Å². The van der Waals surface area contributed by atoms with E-state index >= 15 is 0 Å². The molecule has 5 atom stereocenters. The SMILES string of the molecule is CCN(CC(=O)NCCO[C@H]1O[C@H](COS(=O)(=O)[O-])[C@@H](OS(=O)(=O)[O-])[C@H](OS(=O)(=O)[O-])[C@@H]1OS(=O)(=O)[O-])C(=O)CCC(=O)[O-].[Na+].[Na+].[Na+].[Na+].[Na+]. The summed E-state index contributed by atoms with van der Waals surface area (Å²) in [5, 5.41) is 12.7.